The molecule has 1 amide bonds. The lowest BCUT2D eigenvalue weighted by atomic mass is 10.1. The third-order valence-electron chi connectivity index (χ3n) is 3.51. The molecule has 1 aliphatic rings. The highest BCUT2D eigenvalue weighted by atomic mass is 35.5. The largest absolute Gasteiger partial charge is 0.347 e. The van der Waals surface area contributed by atoms with Gasteiger partial charge in [-0.15, -0.1) is 0 Å². The van der Waals surface area contributed by atoms with E-state index < -0.39 is 0 Å². The van der Waals surface area contributed by atoms with Gasteiger partial charge in [0.25, 0.3) is 5.91 Å². The molecule has 4 nitrogen and oxygen atoms in total. The maximum absolute atomic E-state index is 12.3. The Hall–Kier alpha value is -1.00. The maximum Gasteiger partial charge on any atom is 0.268 e. The molecule has 1 aromatic rings. The van der Waals surface area contributed by atoms with Gasteiger partial charge in [0.2, 0.25) is 0 Å². The van der Waals surface area contributed by atoms with Crippen molar-refractivity contribution >= 4 is 17.5 Å². The van der Waals surface area contributed by atoms with E-state index in [1.165, 1.54) is 0 Å². The lowest BCUT2D eigenvalue weighted by Crippen LogP contribution is -2.40. The van der Waals surface area contributed by atoms with Crippen LogP contribution in [0.4, 0.5) is 0 Å². The number of carbonyl (C=O) groups is 1. The van der Waals surface area contributed by atoms with Crippen LogP contribution < -0.4 is 11.1 Å². The van der Waals surface area contributed by atoms with Gasteiger partial charge in [0, 0.05) is 24.8 Å². The predicted molar refractivity (Wildman–Crippen MR) is 77.5 cm³/mol. The molecule has 2 rings (SSSR count). The Kier molecular flexibility index (Phi) is 4.88. The first kappa shape index (κ1) is 14.4. The number of aromatic nitrogens is 1. The fourth-order valence-electron chi connectivity index (χ4n) is 2.24. The van der Waals surface area contributed by atoms with E-state index >= 15 is 0 Å². The second kappa shape index (κ2) is 6.44. The number of unbranched alkanes of at least 4 members (excludes halogenated alkanes) is 1. The summed E-state index contributed by atoms with van der Waals surface area (Å²) in [5, 5.41) is 3.63. The molecule has 0 spiro atoms. The van der Waals surface area contributed by atoms with Crippen molar-refractivity contribution in [2.75, 3.05) is 6.54 Å². The molecule has 0 saturated heterocycles. The van der Waals surface area contributed by atoms with E-state index in [1.807, 2.05) is 10.8 Å². The Morgan fingerprint density at radius 1 is 1.63 bits per heavy atom. The zero-order valence-corrected chi connectivity index (χ0v) is 12.1. The van der Waals surface area contributed by atoms with Crippen LogP contribution >= 0.6 is 11.6 Å². The van der Waals surface area contributed by atoms with Crippen LogP contribution in [0.2, 0.25) is 5.02 Å². The minimum Gasteiger partial charge on any atom is -0.347 e. The summed E-state index contributed by atoms with van der Waals surface area (Å²) in [5.41, 5.74) is 6.36. The Morgan fingerprint density at radius 3 is 2.95 bits per heavy atom. The number of hydrogen-bond acceptors (Lipinski definition) is 2. The molecule has 1 saturated carbocycles. The summed E-state index contributed by atoms with van der Waals surface area (Å²) >= 11 is 6.01. The van der Waals surface area contributed by atoms with Gasteiger partial charge in [0.05, 0.1) is 5.02 Å². The molecule has 1 atom stereocenters. The van der Waals surface area contributed by atoms with E-state index in [1.54, 1.807) is 6.07 Å². The summed E-state index contributed by atoms with van der Waals surface area (Å²) in [5.74, 6) is -0.0645. The SMILES string of the molecule is CCCCC(CN)NC(=O)c1cc(Cl)cn1C1CC1. The van der Waals surface area contributed by atoms with Crippen LogP contribution in [0.5, 0.6) is 0 Å². The van der Waals surface area contributed by atoms with E-state index in [-0.39, 0.29) is 11.9 Å². The van der Waals surface area contributed by atoms with Crippen molar-refractivity contribution in [3.05, 3.63) is 23.0 Å². The molecular weight excluding hydrogens is 262 g/mol. The summed E-state index contributed by atoms with van der Waals surface area (Å²) in [4.78, 5) is 12.3. The molecule has 19 heavy (non-hydrogen) atoms. The average Bonchev–Trinajstić information content (AvgIpc) is 3.17. The molecule has 0 bridgehead atoms. The summed E-state index contributed by atoms with van der Waals surface area (Å²) in [6, 6.07) is 2.23. The Balaban J connectivity index is 2.02. The Labute approximate surface area is 119 Å². The second-order valence-corrected chi connectivity index (χ2v) is 5.67. The summed E-state index contributed by atoms with van der Waals surface area (Å²) in [7, 11) is 0. The number of rotatable bonds is 7. The van der Waals surface area contributed by atoms with E-state index in [0.717, 1.165) is 32.1 Å². The molecule has 1 heterocycles. The van der Waals surface area contributed by atoms with Crippen LogP contribution in [0.3, 0.4) is 0 Å². The van der Waals surface area contributed by atoms with Crippen LogP contribution in [0.15, 0.2) is 12.3 Å². The van der Waals surface area contributed by atoms with Crippen molar-refractivity contribution in [3.8, 4) is 0 Å². The van der Waals surface area contributed by atoms with Crippen molar-refractivity contribution in [3.63, 3.8) is 0 Å². The van der Waals surface area contributed by atoms with Gasteiger partial charge in [-0.25, -0.2) is 0 Å². The van der Waals surface area contributed by atoms with Gasteiger partial charge in [-0.05, 0) is 25.3 Å². The van der Waals surface area contributed by atoms with Gasteiger partial charge in [-0.1, -0.05) is 31.4 Å². The first-order chi connectivity index (χ1) is 9.15. The van der Waals surface area contributed by atoms with Crippen molar-refractivity contribution in [1.29, 1.82) is 0 Å². The third kappa shape index (κ3) is 3.74. The minimum absolute atomic E-state index is 0.0498. The van der Waals surface area contributed by atoms with Crippen molar-refractivity contribution in [1.82, 2.24) is 9.88 Å². The number of halogens is 1. The highest BCUT2D eigenvalue weighted by Gasteiger charge is 2.28. The molecule has 1 aliphatic carbocycles. The highest BCUT2D eigenvalue weighted by Crippen LogP contribution is 2.37. The van der Waals surface area contributed by atoms with Gasteiger partial charge in [0.1, 0.15) is 5.69 Å². The van der Waals surface area contributed by atoms with Crippen molar-refractivity contribution < 1.29 is 4.79 Å². The van der Waals surface area contributed by atoms with Gasteiger partial charge < -0.3 is 15.6 Å². The second-order valence-electron chi connectivity index (χ2n) is 5.23. The third-order valence-corrected chi connectivity index (χ3v) is 3.72. The van der Waals surface area contributed by atoms with Gasteiger partial charge in [-0.2, -0.15) is 0 Å². The molecule has 1 aromatic heterocycles. The van der Waals surface area contributed by atoms with Crippen LogP contribution in [-0.2, 0) is 0 Å². The van der Waals surface area contributed by atoms with Crippen LogP contribution in [0.25, 0.3) is 0 Å². The fraction of sp³-hybridized carbons (Fsp3) is 0.643. The lowest BCUT2D eigenvalue weighted by molar-refractivity contribution is 0.0926. The summed E-state index contributed by atoms with van der Waals surface area (Å²) in [6.07, 6.45) is 7.21. The standard InChI is InChI=1S/C14H22ClN3O/c1-2-3-4-11(8-16)17-14(19)13-7-10(15)9-18(13)12-5-6-12/h7,9,11-12H,2-6,8,16H2,1H3,(H,17,19). The molecular formula is C14H22ClN3O. The first-order valence-electron chi connectivity index (χ1n) is 7.04. The summed E-state index contributed by atoms with van der Waals surface area (Å²) < 4.78 is 1.99. The van der Waals surface area contributed by atoms with Crippen LogP contribution in [0.1, 0.15) is 55.6 Å². The molecule has 106 valence electrons. The fourth-order valence-corrected chi connectivity index (χ4v) is 2.45. The smallest absolute Gasteiger partial charge is 0.268 e. The van der Waals surface area contributed by atoms with Gasteiger partial charge in [-0.3, -0.25) is 4.79 Å². The van der Waals surface area contributed by atoms with E-state index in [9.17, 15) is 4.79 Å². The number of nitrogens with two attached hydrogens (primary N) is 1. The van der Waals surface area contributed by atoms with E-state index in [4.69, 9.17) is 17.3 Å². The van der Waals surface area contributed by atoms with E-state index in [0.29, 0.717) is 23.3 Å². The molecule has 3 N–H and O–H groups in total. The van der Waals surface area contributed by atoms with Crippen molar-refractivity contribution in [2.24, 2.45) is 5.73 Å². The predicted octanol–water partition coefficient (Wildman–Crippen LogP) is 2.72. The zero-order valence-electron chi connectivity index (χ0n) is 11.4. The Bertz CT molecular complexity index is 440. The molecule has 0 aliphatic heterocycles. The maximum atomic E-state index is 12.3. The monoisotopic (exact) mass is 283 g/mol. The number of amides is 1. The number of carbonyl (C=O) groups excluding carboxylic acids is 1. The number of hydrogen-bond donors (Lipinski definition) is 2. The van der Waals surface area contributed by atoms with Crippen molar-refractivity contribution in [2.45, 2.75) is 51.1 Å². The number of nitrogens with one attached hydrogen (secondary N) is 1. The highest BCUT2D eigenvalue weighted by molar-refractivity contribution is 6.31. The topological polar surface area (TPSA) is 60.0 Å². The van der Waals surface area contributed by atoms with Crippen LogP contribution in [-0.4, -0.2) is 23.1 Å². The van der Waals surface area contributed by atoms with Gasteiger partial charge >= 0.3 is 0 Å². The van der Waals surface area contributed by atoms with Crippen LogP contribution in [0, 0.1) is 0 Å². The normalized spacial score (nSPS) is 16.4. The molecule has 1 fully saturated rings. The molecule has 5 heteroatoms. The van der Waals surface area contributed by atoms with E-state index in [2.05, 4.69) is 12.2 Å². The number of nitrogens with zero attached hydrogens (tertiary/aromatic N) is 1. The average molecular weight is 284 g/mol. The molecule has 0 radical (unpaired) electrons. The van der Waals surface area contributed by atoms with Gasteiger partial charge in [0.15, 0.2) is 0 Å². The lowest BCUT2D eigenvalue weighted by Gasteiger charge is -2.17. The molecule has 0 aromatic carbocycles. The first-order valence-corrected chi connectivity index (χ1v) is 7.41. The summed E-state index contributed by atoms with van der Waals surface area (Å²) in [6.45, 7) is 2.61. The minimum atomic E-state index is -0.0645. The zero-order chi connectivity index (χ0) is 13.8. The molecule has 1 unspecified atom stereocenters. The quantitative estimate of drug-likeness (QED) is 0.808. The Morgan fingerprint density at radius 2 is 2.37 bits per heavy atom.